The first-order valence-electron chi connectivity index (χ1n) is 8.52. The van der Waals surface area contributed by atoms with Crippen molar-refractivity contribution < 1.29 is 10.2 Å². The van der Waals surface area contributed by atoms with E-state index in [1.54, 1.807) is 19.1 Å². The Hall–Kier alpha value is -3.73. The minimum absolute atomic E-state index is 0.171. The number of rotatable bonds is 3. The minimum atomic E-state index is -0.237. The molecule has 0 saturated carbocycles. The summed E-state index contributed by atoms with van der Waals surface area (Å²) in [4.78, 5) is 13.7. The molecule has 0 aliphatic rings. The Labute approximate surface area is 156 Å². The zero-order valence-electron chi connectivity index (χ0n) is 14.7. The van der Waals surface area contributed by atoms with E-state index in [0.29, 0.717) is 28.6 Å². The Kier molecular flexibility index (Phi) is 4.26. The number of phenolic OH excluding ortho intramolecular Hbond substituents is 2. The highest BCUT2D eigenvalue weighted by molar-refractivity contribution is 5.72. The van der Waals surface area contributed by atoms with Gasteiger partial charge in [-0.1, -0.05) is 66.7 Å². The van der Waals surface area contributed by atoms with Gasteiger partial charge in [-0.15, -0.1) is 0 Å². The number of hydrogen-bond donors (Lipinski definition) is 2. The highest BCUT2D eigenvalue weighted by Crippen LogP contribution is 2.38. The van der Waals surface area contributed by atoms with E-state index in [1.165, 1.54) is 0 Å². The monoisotopic (exact) mass is 355 g/mol. The van der Waals surface area contributed by atoms with Gasteiger partial charge >= 0.3 is 0 Å². The van der Waals surface area contributed by atoms with E-state index in [0.717, 1.165) is 11.1 Å². The zero-order valence-corrected chi connectivity index (χ0v) is 14.7. The fraction of sp³-hybridized carbons (Fsp3) is 0.0455. The fourth-order valence-corrected chi connectivity index (χ4v) is 2.79. The minimum Gasteiger partial charge on any atom is -0.504 e. The molecule has 132 valence electrons. The molecule has 4 aromatic rings. The second-order valence-electron chi connectivity index (χ2n) is 6.17. The van der Waals surface area contributed by atoms with Crippen molar-refractivity contribution in [2.24, 2.45) is 0 Å². The third-order valence-electron chi connectivity index (χ3n) is 4.29. The lowest BCUT2D eigenvalue weighted by atomic mass is 10.1. The number of hydrogen-bond acceptors (Lipinski definition) is 5. The van der Waals surface area contributed by atoms with Crippen LogP contribution in [-0.4, -0.2) is 25.2 Å². The molecule has 1 heterocycles. The third-order valence-corrected chi connectivity index (χ3v) is 4.29. The third kappa shape index (κ3) is 3.22. The molecule has 0 radical (unpaired) electrons. The molecule has 0 fully saturated rings. The van der Waals surface area contributed by atoms with Gasteiger partial charge in [0, 0.05) is 11.1 Å². The Bertz CT molecular complexity index is 1040. The summed E-state index contributed by atoms with van der Waals surface area (Å²) in [5.41, 5.74) is 2.62. The van der Waals surface area contributed by atoms with Crippen LogP contribution in [0, 0.1) is 6.92 Å². The molecule has 0 unspecified atom stereocenters. The lowest BCUT2D eigenvalue weighted by molar-refractivity contribution is 0.402. The maximum atomic E-state index is 10.4. The summed E-state index contributed by atoms with van der Waals surface area (Å²) in [6.45, 7) is 1.72. The molecule has 0 amide bonds. The van der Waals surface area contributed by atoms with Crippen LogP contribution in [0.15, 0.2) is 72.8 Å². The Morgan fingerprint density at radius 1 is 0.556 bits per heavy atom. The van der Waals surface area contributed by atoms with Gasteiger partial charge in [-0.25, -0.2) is 15.0 Å². The second kappa shape index (κ2) is 6.88. The van der Waals surface area contributed by atoms with Gasteiger partial charge in [-0.3, -0.25) is 0 Å². The largest absolute Gasteiger partial charge is 0.504 e. The van der Waals surface area contributed by atoms with E-state index in [1.807, 2.05) is 60.7 Å². The fourth-order valence-electron chi connectivity index (χ4n) is 2.79. The van der Waals surface area contributed by atoms with Crippen molar-refractivity contribution in [1.29, 1.82) is 0 Å². The molecule has 27 heavy (non-hydrogen) atoms. The SMILES string of the molecule is Cc1ccc(-c2nc(-c3ccccc3)nc(-c3ccccc3)n2)c(O)c1O. The van der Waals surface area contributed by atoms with Crippen molar-refractivity contribution in [1.82, 2.24) is 15.0 Å². The van der Waals surface area contributed by atoms with Gasteiger partial charge in [0.2, 0.25) is 0 Å². The standard InChI is InChI=1S/C22H17N3O2/c1-14-12-13-17(19(27)18(14)26)22-24-20(15-8-4-2-5-9-15)23-21(25-22)16-10-6-3-7-11-16/h2-13,26-27H,1H3. The normalized spacial score (nSPS) is 10.7. The summed E-state index contributed by atoms with van der Waals surface area (Å²) in [7, 11) is 0. The molecule has 4 rings (SSSR count). The van der Waals surface area contributed by atoms with Gasteiger partial charge in [-0.05, 0) is 18.6 Å². The first-order valence-corrected chi connectivity index (χ1v) is 8.52. The van der Waals surface area contributed by atoms with Crippen LogP contribution in [-0.2, 0) is 0 Å². The van der Waals surface area contributed by atoms with Crippen LogP contribution in [0.2, 0.25) is 0 Å². The summed E-state index contributed by atoms with van der Waals surface area (Å²) in [5.74, 6) is 0.892. The molecule has 0 spiro atoms. The van der Waals surface area contributed by atoms with Gasteiger partial charge in [0.25, 0.3) is 0 Å². The molecule has 5 heteroatoms. The summed E-state index contributed by atoms with van der Waals surface area (Å²) in [6, 6.07) is 22.6. The van der Waals surface area contributed by atoms with Crippen LogP contribution >= 0.6 is 0 Å². The Balaban J connectivity index is 1.96. The van der Waals surface area contributed by atoms with Crippen LogP contribution in [0.5, 0.6) is 11.5 Å². The first kappa shape index (κ1) is 16.7. The Morgan fingerprint density at radius 3 is 1.56 bits per heavy atom. The van der Waals surface area contributed by atoms with Crippen LogP contribution < -0.4 is 0 Å². The van der Waals surface area contributed by atoms with E-state index in [4.69, 9.17) is 0 Å². The van der Waals surface area contributed by atoms with E-state index in [9.17, 15) is 10.2 Å². The van der Waals surface area contributed by atoms with Crippen molar-refractivity contribution in [2.45, 2.75) is 6.92 Å². The lowest BCUT2D eigenvalue weighted by Crippen LogP contribution is -2.00. The highest BCUT2D eigenvalue weighted by atomic mass is 16.3. The number of benzene rings is 3. The van der Waals surface area contributed by atoms with Crippen molar-refractivity contribution in [3.63, 3.8) is 0 Å². The van der Waals surface area contributed by atoms with E-state index in [-0.39, 0.29) is 11.5 Å². The van der Waals surface area contributed by atoms with E-state index in [2.05, 4.69) is 15.0 Å². The van der Waals surface area contributed by atoms with Gasteiger partial charge in [0.05, 0.1) is 5.56 Å². The summed E-state index contributed by atoms with van der Waals surface area (Å²) in [6.07, 6.45) is 0. The smallest absolute Gasteiger partial charge is 0.168 e. The predicted octanol–water partition coefficient (Wildman–Crippen LogP) is 4.59. The quantitative estimate of drug-likeness (QED) is 0.525. The van der Waals surface area contributed by atoms with E-state index >= 15 is 0 Å². The van der Waals surface area contributed by atoms with E-state index < -0.39 is 0 Å². The molecule has 0 aliphatic carbocycles. The van der Waals surface area contributed by atoms with Crippen molar-refractivity contribution in [3.05, 3.63) is 78.4 Å². The maximum absolute atomic E-state index is 10.4. The van der Waals surface area contributed by atoms with Gasteiger partial charge in [0.15, 0.2) is 29.0 Å². The summed E-state index contributed by atoms with van der Waals surface area (Å²) in [5, 5.41) is 20.5. The number of nitrogens with zero attached hydrogens (tertiary/aromatic N) is 3. The number of aromatic nitrogens is 3. The Morgan fingerprint density at radius 2 is 1.04 bits per heavy atom. The number of aromatic hydroxyl groups is 2. The first-order chi connectivity index (χ1) is 13.1. The lowest BCUT2D eigenvalue weighted by Gasteiger charge is -2.10. The van der Waals surface area contributed by atoms with Crippen LogP contribution in [0.1, 0.15) is 5.56 Å². The predicted molar refractivity (Wildman–Crippen MR) is 104 cm³/mol. The maximum Gasteiger partial charge on any atom is 0.168 e. The molecular formula is C22H17N3O2. The molecular weight excluding hydrogens is 338 g/mol. The topological polar surface area (TPSA) is 79.1 Å². The molecule has 5 nitrogen and oxygen atoms in total. The van der Waals surface area contributed by atoms with Crippen molar-refractivity contribution in [3.8, 4) is 45.7 Å². The number of aryl methyl sites for hydroxylation is 1. The van der Waals surface area contributed by atoms with Gasteiger partial charge < -0.3 is 10.2 Å². The molecule has 3 aromatic carbocycles. The summed E-state index contributed by atoms with van der Waals surface area (Å²) < 4.78 is 0. The molecule has 2 N–H and O–H groups in total. The van der Waals surface area contributed by atoms with Crippen LogP contribution in [0.3, 0.4) is 0 Å². The molecule has 0 aliphatic heterocycles. The highest BCUT2D eigenvalue weighted by Gasteiger charge is 2.17. The second-order valence-corrected chi connectivity index (χ2v) is 6.17. The molecule has 1 aromatic heterocycles. The zero-order chi connectivity index (χ0) is 18.8. The van der Waals surface area contributed by atoms with Crippen molar-refractivity contribution in [2.75, 3.05) is 0 Å². The molecule has 0 atom stereocenters. The molecule has 0 saturated heterocycles. The van der Waals surface area contributed by atoms with Crippen LogP contribution in [0.4, 0.5) is 0 Å². The average Bonchev–Trinajstić information content (AvgIpc) is 2.73. The van der Waals surface area contributed by atoms with Crippen molar-refractivity contribution >= 4 is 0 Å². The summed E-state index contributed by atoms with van der Waals surface area (Å²) >= 11 is 0. The van der Waals surface area contributed by atoms with Crippen LogP contribution in [0.25, 0.3) is 34.2 Å². The molecule has 0 bridgehead atoms. The average molecular weight is 355 g/mol. The van der Waals surface area contributed by atoms with Gasteiger partial charge in [0.1, 0.15) is 0 Å². The number of phenols is 2. The van der Waals surface area contributed by atoms with Gasteiger partial charge in [-0.2, -0.15) is 0 Å².